The summed E-state index contributed by atoms with van der Waals surface area (Å²) in [6.45, 7) is 1.05. The molecule has 2 rings (SSSR count). The summed E-state index contributed by atoms with van der Waals surface area (Å²) in [4.78, 5) is 4.01. The van der Waals surface area contributed by atoms with E-state index in [2.05, 4.69) is 45.8 Å². The average Bonchev–Trinajstić information content (AvgIpc) is 2.49. The minimum Gasteiger partial charge on any atom is -0.299 e. The molecule has 1 aromatic rings. The van der Waals surface area contributed by atoms with Gasteiger partial charge in [0.25, 0.3) is 0 Å². The maximum absolute atomic E-state index is 9.92. The molecule has 0 N–H and O–H groups in total. The second-order valence-electron chi connectivity index (χ2n) is 4.91. The molecule has 1 aliphatic rings. The normalized spacial score (nSPS) is 16.7. The quantitative estimate of drug-likeness (QED) is 0.793. The summed E-state index contributed by atoms with van der Waals surface area (Å²) in [5, 5.41) is 0. The summed E-state index contributed by atoms with van der Waals surface area (Å²) in [6, 6.07) is 4.09. The van der Waals surface area contributed by atoms with Gasteiger partial charge in [-0.15, -0.1) is 0 Å². The third-order valence-electron chi connectivity index (χ3n) is 2.86. The van der Waals surface area contributed by atoms with Crippen molar-refractivity contribution in [3.05, 3.63) is 48.4 Å². The second kappa shape index (κ2) is 7.46. The predicted octanol–water partition coefficient (Wildman–Crippen LogP) is 1.59. The van der Waals surface area contributed by atoms with Crippen molar-refractivity contribution in [2.75, 3.05) is 34.9 Å². The molecule has 0 saturated carbocycles. The maximum Gasteiger partial charge on any atom is 0.399 e. The van der Waals surface area contributed by atoms with E-state index >= 15 is 0 Å². The van der Waals surface area contributed by atoms with Crippen LogP contribution >= 0.6 is 0 Å². The second-order valence-corrected chi connectivity index (χ2v) is 6.40. The van der Waals surface area contributed by atoms with Crippen LogP contribution in [-0.4, -0.2) is 52.7 Å². The van der Waals surface area contributed by atoms with E-state index < -0.39 is 10.4 Å². The molecule has 6 nitrogen and oxygen atoms in total. The van der Waals surface area contributed by atoms with Crippen LogP contribution in [0.15, 0.2) is 42.9 Å². The lowest BCUT2D eigenvalue weighted by atomic mass is 10.0. The molecule has 2 heterocycles. The molecular formula is C14H21N2O4S+. The third-order valence-corrected chi connectivity index (χ3v) is 3.68. The number of quaternary nitrogens is 1. The monoisotopic (exact) mass is 313 g/mol. The average molecular weight is 313 g/mol. The van der Waals surface area contributed by atoms with Crippen LogP contribution in [0.2, 0.25) is 0 Å². The smallest absolute Gasteiger partial charge is 0.299 e. The van der Waals surface area contributed by atoms with Crippen molar-refractivity contribution < 1.29 is 21.3 Å². The molecule has 0 atom stereocenters. The van der Waals surface area contributed by atoms with Crippen molar-refractivity contribution in [2.45, 2.75) is 0 Å². The third kappa shape index (κ3) is 6.17. The number of hydrogen-bond acceptors (Lipinski definition) is 5. The number of allylic oxidation sites excluding steroid dienone is 2. The van der Waals surface area contributed by atoms with Gasteiger partial charge in [0.05, 0.1) is 34.5 Å². The lowest BCUT2D eigenvalue weighted by molar-refractivity contribution is -0.833. The molecule has 0 aromatic carbocycles. The van der Waals surface area contributed by atoms with Crippen LogP contribution in [0, 0.1) is 0 Å². The summed E-state index contributed by atoms with van der Waals surface area (Å²) in [5.41, 5.74) is 2.54. The highest BCUT2D eigenvalue weighted by atomic mass is 32.3. The van der Waals surface area contributed by atoms with E-state index in [1.165, 1.54) is 11.1 Å². The molecule has 7 heteroatoms. The summed E-state index contributed by atoms with van der Waals surface area (Å²) in [6.07, 6.45) is 10.3. The van der Waals surface area contributed by atoms with Crippen LogP contribution in [0.4, 0.5) is 0 Å². The molecular weight excluding hydrogens is 292 g/mol. The number of likely N-dealkylation sites (N-methyl/N-ethyl adjacent to an activating group) is 1. The largest absolute Gasteiger partial charge is 0.399 e. The van der Waals surface area contributed by atoms with Gasteiger partial charge in [0.15, 0.2) is 0 Å². The molecule has 0 spiro atoms. The fourth-order valence-corrected chi connectivity index (χ4v) is 1.71. The van der Waals surface area contributed by atoms with Crippen molar-refractivity contribution in [3.8, 4) is 0 Å². The highest BCUT2D eigenvalue weighted by molar-refractivity contribution is 7.81. The first-order chi connectivity index (χ1) is 9.79. The zero-order valence-corrected chi connectivity index (χ0v) is 13.5. The van der Waals surface area contributed by atoms with Gasteiger partial charge in [-0.1, -0.05) is 0 Å². The van der Waals surface area contributed by atoms with E-state index in [4.69, 9.17) is 0 Å². The van der Waals surface area contributed by atoms with Crippen molar-refractivity contribution in [1.29, 1.82) is 0 Å². The van der Waals surface area contributed by atoms with Crippen molar-refractivity contribution >= 4 is 16.0 Å². The zero-order chi connectivity index (χ0) is 15.9. The van der Waals surface area contributed by atoms with Gasteiger partial charge in [0.2, 0.25) is 0 Å². The van der Waals surface area contributed by atoms with E-state index in [1.54, 1.807) is 0 Å². The van der Waals surface area contributed by atoms with E-state index in [0.29, 0.717) is 0 Å². The first kappa shape index (κ1) is 17.5. The highest BCUT2D eigenvalue weighted by Gasteiger charge is 2.14. The summed E-state index contributed by atoms with van der Waals surface area (Å²) in [7, 11) is 2.78. The van der Waals surface area contributed by atoms with Gasteiger partial charge in [-0.25, -0.2) is 0 Å². The minimum absolute atomic E-state index is 0.925. The van der Waals surface area contributed by atoms with Gasteiger partial charge in [0.1, 0.15) is 6.54 Å². The molecule has 0 aliphatic carbocycles. The van der Waals surface area contributed by atoms with Crippen LogP contribution in [-0.2, 0) is 18.8 Å². The SMILES string of the molecule is COS(=O)(=O)OC.C[N+]1(C)C=CC(c2ccncc2)=CC1. The minimum atomic E-state index is -3.66. The Hall–Kier alpha value is -1.54. The Bertz CT molecular complexity index is 597. The van der Waals surface area contributed by atoms with E-state index in [1.807, 2.05) is 24.5 Å². The lowest BCUT2D eigenvalue weighted by Gasteiger charge is -2.26. The van der Waals surface area contributed by atoms with Crippen molar-refractivity contribution in [3.63, 3.8) is 0 Å². The molecule has 0 amide bonds. The summed E-state index contributed by atoms with van der Waals surface area (Å²) >= 11 is 0. The maximum atomic E-state index is 9.92. The van der Waals surface area contributed by atoms with Crippen LogP contribution in [0.25, 0.3) is 5.57 Å². The number of aromatic nitrogens is 1. The van der Waals surface area contributed by atoms with Crippen molar-refractivity contribution in [2.24, 2.45) is 0 Å². The molecule has 21 heavy (non-hydrogen) atoms. The Morgan fingerprint density at radius 2 is 1.71 bits per heavy atom. The topological polar surface area (TPSA) is 65.5 Å². The summed E-state index contributed by atoms with van der Waals surface area (Å²) < 4.78 is 28.4. The van der Waals surface area contributed by atoms with Crippen LogP contribution in [0.3, 0.4) is 0 Å². The van der Waals surface area contributed by atoms with Gasteiger partial charge in [0, 0.05) is 12.4 Å². The standard InChI is InChI=1S/C12H15N2.C2H6O4S/c1-14(2)9-5-12(6-10-14)11-3-7-13-8-4-11;1-5-7(3,4)6-2/h3-9H,10H2,1-2H3;1-2H3/q+1;. The molecule has 1 aliphatic heterocycles. The Labute approximate surface area is 126 Å². The van der Waals surface area contributed by atoms with Crippen molar-refractivity contribution in [1.82, 2.24) is 4.98 Å². The fraction of sp³-hybridized carbons (Fsp3) is 0.357. The Morgan fingerprint density at radius 1 is 1.14 bits per heavy atom. The number of hydrogen-bond donors (Lipinski definition) is 0. The first-order valence-electron chi connectivity index (χ1n) is 6.28. The zero-order valence-electron chi connectivity index (χ0n) is 12.7. The fourth-order valence-electron chi connectivity index (χ4n) is 1.57. The van der Waals surface area contributed by atoms with Gasteiger partial charge in [-0.3, -0.25) is 17.8 Å². The van der Waals surface area contributed by atoms with E-state index in [0.717, 1.165) is 25.2 Å². The molecule has 0 radical (unpaired) electrons. The van der Waals surface area contributed by atoms with Crippen LogP contribution in [0.5, 0.6) is 0 Å². The van der Waals surface area contributed by atoms with Gasteiger partial charge in [-0.2, -0.15) is 8.42 Å². The van der Waals surface area contributed by atoms with Gasteiger partial charge < -0.3 is 0 Å². The number of nitrogens with zero attached hydrogens (tertiary/aromatic N) is 2. The summed E-state index contributed by atoms with van der Waals surface area (Å²) in [5.74, 6) is 0. The van der Waals surface area contributed by atoms with Gasteiger partial charge >= 0.3 is 10.4 Å². The molecule has 1 aromatic heterocycles. The van der Waals surface area contributed by atoms with Crippen LogP contribution < -0.4 is 0 Å². The lowest BCUT2D eigenvalue weighted by Crippen LogP contribution is -2.34. The Balaban J connectivity index is 0.000000270. The Kier molecular flexibility index (Phi) is 6.22. The molecule has 0 unspecified atom stereocenters. The highest BCUT2D eigenvalue weighted by Crippen LogP contribution is 2.20. The molecule has 0 fully saturated rings. The first-order valence-corrected chi connectivity index (χ1v) is 7.61. The Morgan fingerprint density at radius 3 is 2.10 bits per heavy atom. The van der Waals surface area contributed by atoms with E-state index in [9.17, 15) is 8.42 Å². The van der Waals surface area contributed by atoms with Crippen LogP contribution in [0.1, 0.15) is 5.56 Å². The molecule has 116 valence electrons. The molecule has 0 saturated heterocycles. The van der Waals surface area contributed by atoms with E-state index in [-0.39, 0.29) is 0 Å². The van der Waals surface area contributed by atoms with Gasteiger partial charge in [-0.05, 0) is 35.4 Å². The number of pyridine rings is 1. The predicted molar refractivity (Wildman–Crippen MR) is 81.3 cm³/mol. The molecule has 0 bridgehead atoms. The number of rotatable bonds is 3.